The van der Waals surface area contributed by atoms with Crippen molar-refractivity contribution >= 4 is 0 Å². The van der Waals surface area contributed by atoms with Crippen molar-refractivity contribution < 1.29 is 18.3 Å². The van der Waals surface area contributed by atoms with Gasteiger partial charge in [-0.15, -0.1) is 0 Å². The molecule has 0 amide bonds. The summed E-state index contributed by atoms with van der Waals surface area (Å²) in [7, 11) is 0. The Morgan fingerprint density at radius 1 is 1.47 bits per heavy atom. The van der Waals surface area contributed by atoms with Crippen LogP contribution in [0, 0.1) is 17.3 Å². The minimum absolute atomic E-state index is 0.0731. The fraction of sp³-hybridized carbons (Fsp3) is 0.818. The maximum Gasteiger partial charge on any atom is 0.418 e. The summed E-state index contributed by atoms with van der Waals surface area (Å²) in [5, 5.41) is 9.24. The average molecular weight is 220 g/mol. The maximum atomic E-state index is 12.4. The highest BCUT2D eigenvalue weighted by atomic mass is 19.4. The molecule has 3 aliphatic carbocycles. The molecule has 4 heteroatoms. The highest BCUT2D eigenvalue weighted by Gasteiger charge is 2.55. The summed E-state index contributed by atoms with van der Waals surface area (Å²) >= 11 is 0. The van der Waals surface area contributed by atoms with Gasteiger partial charge in [-0.3, -0.25) is 0 Å². The van der Waals surface area contributed by atoms with Gasteiger partial charge in [0.1, 0.15) is 0 Å². The first-order valence-electron chi connectivity index (χ1n) is 5.19. The smallest absolute Gasteiger partial charge is 0.379 e. The van der Waals surface area contributed by atoms with E-state index in [1.165, 1.54) is 0 Å². The summed E-state index contributed by atoms with van der Waals surface area (Å²) in [4.78, 5) is 0. The molecule has 1 nitrogen and oxygen atoms in total. The van der Waals surface area contributed by atoms with E-state index in [4.69, 9.17) is 0 Å². The summed E-state index contributed by atoms with van der Waals surface area (Å²) in [6.07, 6.45) is -3.73. The molecular weight excluding hydrogens is 205 g/mol. The van der Waals surface area contributed by atoms with E-state index in [9.17, 15) is 18.3 Å². The van der Waals surface area contributed by atoms with E-state index in [2.05, 4.69) is 0 Å². The summed E-state index contributed by atoms with van der Waals surface area (Å²) in [6, 6.07) is 0. The quantitative estimate of drug-likeness (QED) is 0.674. The lowest BCUT2D eigenvalue weighted by Crippen LogP contribution is -2.51. The lowest BCUT2D eigenvalue weighted by atomic mass is 9.48. The van der Waals surface area contributed by atoms with Crippen LogP contribution in [0.1, 0.15) is 26.7 Å². The lowest BCUT2D eigenvalue weighted by Gasteiger charge is -2.57. The van der Waals surface area contributed by atoms with Gasteiger partial charge in [-0.1, -0.05) is 19.9 Å². The van der Waals surface area contributed by atoms with Crippen molar-refractivity contribution in [2.45, 2.75) is 39.0 Å². The molecule has 0 aromatic heterocycles. The van der Waals surface area contributed by atoms with Crippen molar-refractivity contribution in [3.05, 3.63) is 11.6 Å². The third kappa shape index (κ3) is 1.50. The van der Waals surface area contributed by atoms with E-state index in [0.717, 1.165) is 6.42 Å². The standard InChI is InChI=1S/C11H15F3O/c1-10(2)6-3-4-7(8(10)5-6)9(15)11(12,13)14/h4,6,8-9,15H,3,5H2,1-2H3/t6?,8?,9-/m0/s1. The Bertz CT molecular complexity index is 303. The largest absolute Gasteiger partial charge is 0.418 e. The number of aliphatic hydroxyl groups is 1. The van der Waals surface area contributed by atoms with Gasteiger partial charge >= 0.3 is 6.18 Å². The van der Waals surface area contributed by atoms with E-state index in [1.54, 1.807) is 6.08 Å². The number of allylic oxidation sites excluding steroid dienone is 1. The molecule has 3 aliphatic rings. The third-order valence-corrected chi connectivity index (χ3v) is 4.14. The number of fused-ring (bicyclic) bond motifs is 1. The van der Waals surface area contributed by atoms with Gasteiger partial charge < -0.3 is 5.11 Å². The molecule has 2 bridgehead atoms. The predicted molar refractivity (Wildman–Crippen MR) is 50.1 cm³/mol. The van der Waals surface area contributed by atoms with Crippen molar-refractivity contribution in [1.82, 2.24) is 0 Å². The first-order chi connectivity index (χ1) is 6.74. The molecule has 0 aromatic rings. The second-order valence-electron chi connectivity index (χ2n) is 5.19. The molecule has 0 aromatic carbocycles. The lowest BCUT2D eigenvalue weighted by molar-refractivity contribution is -0.199. The number of halogens is 3. The molecular formula is C11H15F3O. The van der Waals surface area contributed by atoms with Gasteiger partial charge in [0.05, 0.1) is 0 Å². The molecule has 2 unspecified atom stereocenters. The molecule has 3 atom stereocenters. The topological polar surface area (TPSA) is 20.2 Å². The van der Waals surface area contributed by atoms with Crippen LogP contribution in [-0.4, -0.2) is 17.4 Å². The van der Waals surface area contributed by atoms with Crippen LogP contribution in [-0.2, 0) is 0 Å². The van der Waals surface area contributed by atoms with Crippen LogP contribution in [0.2, 0.25) is 0 Å². The van der Waals surface area contributed by atoms with Gasteiger partial charge in [0.25, 0.3) is 0 Å². The van der Waals surface area contributed by atoms with Gasteiger partial charge in [-0.05, 0) is 35.7 Å². The molecule has 0 spiro atoms. The van der Waals surface area contributed by atoms with E-state index in [0.29, 0.717) is 12.3 Å². The highest BCUT2D eigenvalue weighted by molar-refractivity contribution is 5.27. The number of rotatable bonds is 1. The Labute approximate surface area is 87.0 Å². The van der Waals surface area contributed by atoms with Crippen LogP contribution in [0.3, 0.4) is 0 Å². The van der Waals surface area contributed by atoms with Crippen molar-refractivity contribution in [3.63, 3.8) is 0 Å². The zero-order chi connectivity index (χ0) is 11.4. The molecule has 0 saturated heterocycles. The number of alkyl halides is 3. The maximum absolute atomic E-state index is 12.4. The summed E-state index contributed by atoms with van der Waals surface area (Å²) in [5.41, 5.74) is 0.117. The summed E-state index contributed by atoms with van der Waals surface area (Å²) < 4.78 is 37.2. The van der Waals surface area contributed by atoms with Crippen LogP contribution >= 0.6 is 0 Å². The highest BCUT2D eigenvalue weighted by Crippen LogP contribution is 2.60. The summed E-state index contributed by atoms with van der Waals surface area (Å²) in [6.45, 7) is 3.98. The zero-order valence-corrected chi connectivity index (χ0v) is 8.80. The Morgan fingerprint density at radius 2 is 2.07 bits per heavy atom. The van der Waals surface area contributed by atoms with Crippen molar-refractivity contribution in [1.29, 1.82) is 0 Å². The first-order valence-corrected chi connectivity index (χ1v) is 5.19. The van der Waals surface area contributed by atoms with E-state index < -0.39 is 12.3 Å². The molecule has 15 heavy (non-hydrogen) atoms. The molecule has 0 radical (unpaired) electrons. The Hall–Kier alpha value is -0.510. The van der Waals surface area contributed by atoms with Crippen molar-refractivity contribution in [2.75, 3.05) is 0 Å². The Balaban J connectivity index is 2.22. The molecule has 0 aliphatic heterocycles. The normalized spacial score (nSPS) is 35.5. The molecule has 1 saturated carbocycles. The molecule has 1 N–H and O–H groups in total. The first kappa shape index (κ1) is 11.0. The SMILES string of the molecule is CC1(C)C2CC=C([C@H](O)C(F)(F)F)C1C2. The van der Waals surface area contributed by atoms with E-state index in [1.807, 2.05) is 13.8 Å². The number of aliphatic hydroxyl groups excluding tert-OH is 1. The van der Waals surface area contributed by atoms with Crippen LogP contribution in [0.5, 0.6) is 0 Å². The predicted octanol–water partition coefficient (Wildman–Crippen LogP) is 2.90. The van der Waals surface area contributed by atoms with Crippen LogP contribution in [0.25, 0.3) is 0 Å². The third-order valence-electron chi connectivity index (χ3n) is 4.14. The Morgan fingerprint density at radius 3 is 2.47 bits per heavy atom. The van der Waals surface area contributed by atoms with Gasteiger partial charge in [0, 0.05) is 0 Å². The van der Waals surface area contributed by atoms with E-state index in [-0.39, 0.29) is 16.9 Å². The monoisotopic (exact) mass is 220 g/mol. The van der Waals surface area contributed by atoms with Crippen LogP contribution < -0.4 is 0 Å². The number of hydrogen-bond donors (Lipinski definition) is 1. The fourth-order valence-corrected chi connectivity index (χ4v) is 2.89. The van der Waals surface area contributed by atoms with Crippen LogP contribution in [0.15, 0.2) is 11.6 Å². The summed E-state index contributed by atoms with van der Waals surface area (Å²) in [5.74, 6) is 0.402. The second kappa shape index (κ2) is 3.00. The average Bonchev–Trinajstić information content (AvgIpc) is 2.15. The van der Waals surface area contributed by atoms with Gasteiger partial charge in [0.15, 0.2) is 6.10 Å². The molecule has 0 heterocycles. The van der Waals surface area contributed by atoms with E-state index >= 15 is 0 Å². The molecule has 86 valence electrons. The minimum atomic E-state index is -4.52. The zero-order valence-electron chi connectivity index (χ0n) is 8.80. The molecule has 3 rings (SSSR count). The van der Waals surface area contributed by atoms with Gasteiger partial charge in [-0.25, -0.2) is 0 Å². The van der Waals surface area contributed by atoms with Crippen molar-refractivity contribution in [3.8, 4) is 0 Å². The van der Waals surface area contributed by atoms with Gasteiger partial charge in [0.2, 0.25) is 0 Å². The van der Waals surface area contributed by atoms with Crippen LogP contribution in [0.4, 0.5) is 13.2 Å². The molecule has 1 fully saturated rings. The van der Waals surface area contributed by atoms with Crippen molar-refractivity contribution in [2.24, 2.45) is 17.3 Å². The Kier molecular flexibility index (Phi) is 2.20. The fourth-order valence-electron chi connectivity index (χ4n) is 2.89. The minimum Gasteiger partial charge on any atom is -0.379 e. The van der Waals surface area contributed by atoms with Gasteiger partial charge in [-0.2, -0.15) is 13.2 Å². The second-order valence-corrected chi connectivity index (χ2v) is 5.19. The number of hydrogen-bond acceptors (Lipinski definition) is 1.